The zero-order valence-electron chi connectivity index (χ0n) is 10.1. The van der Waals surface area contributed by atoms with Gasteiger partial charge < -0.3 is 4.90 Å². The van der Waals surface area contributed by atoms with Gasteiger partial charge in [-0.25, -0.2) is 14.4 Å². The molecule has 0 radical (unpaired) electrons. The molecule has 0 aliphatic heterocycles. The predicted molar refractivity (Wildman–Crippen MR) is 65.9 cm³/mol. The Morgan fingerprint density at radius 1 is 1.28 bits per heavy atom. The van der Waals surface area contributed by atoms with Gasteiger partial charge >= 0.3 is 0 Å². The molecule has 1 aromatic heterocycles. The zero-order chi connectivity index (χ0) is 13.1. The third-order valence-corrected chi connectivity index (χ3v) is 2.50. The molecule has 5 heteroatoms. The number of anilines is 2. The van der Waals surface area contributed by atoms with E-state index in [0.717, 1.165) is 0 Å². The molecule has 0 saturated carbocycles. The number of hydrogen-bond donors (Lipinski definition) is 0. The van der Waals surface area contributed by atoms with Gasteiger partial charge in [-0.1, -0.05) is 12.1 Å². The van der Waals surface area contributed by atoms with Gasteiger partial charge in [0.25, 0.3) is 0 Å². The summed E-state index contributed by atoms with van der Waals surface area (Å²) in [5, 5.41) is 8.86. The van der Waals surface area contributed by atoms with Crippen LogP contribution in [0.25, 0.3) is 0 Å². The van der Waals surface area contributed by atoms with Crippen LogP contribution in [0.2, 0.25) is 0 Å². The summed E-state index contributed by atoms with van der Waals surface area (Å²) >= 11 is 0. The van der Waals surface area contributed by atoms with Crippen LogP contribution in [0.5, 0.6) is 0 Å². The largest absolute Gasteiger partial charge is 0.327 e. The summed E-state index contributed by atoms with van der Waals surface area (Å²) in [6.45, 7) is 1.69. The summed E-state index contributed by atoms with van der Waals surface area (Å²) < 4.78 is 13.7. The number of para-hydroxylation sites is 1. The molecule has 1 aromatic carbocycles. The Labute approximate surface area is 104 Å². The molecule has 2 aromatic rings. The van der Waals surface area contributed by atoms with E-state index in [4.69, 9.17) is 5.26 Å². The minimum Gasteiger partial charge on any atom is -0.327 e. The van der Waals surface area contributed by atoms with Crippen LogP contribution in [0.1, 0.15) is 11.5 Å². The highest BCUT2D eigenvalue weighted by Gasteiger charge is 2.11. The Kier molecular flexibility index (Phi) is 3.20. The minimum absolute atomic E-state index is 0.265. The Bertz CT molecular complexity index is 619. The molecule has 0 aliphatic rings. The fourth-order valence-corrected chi connectivity index (χ4v) is 1.63. The summed E-state index contributed by atoms with van der Waals surface area (Å²) in [5.41, 5.74) is 0.667. The molecule has 0 bridgehead atoms. The lowest BCUT2D eigenvalue weighted by Gasteiger charge is -2.19. The molecule has 2 rings (SSSR count). The van der Waals surface area contributed by atoms with Gasteiger partial charge in [0.1, 0.15) is 29.2 Å². The molecule has 18 heavy (non-hydrogen) atoms. The molecular weight excluding hydrogens is 231 g/mol. The van der Waals surface area contributed by atoms with E-state index in [-0.39, 0.29) is 11.5 Å². The maximum atomic E-state index is 13.7. The lowest BCUT2D eigenvalue weighted by molar-refractivity contribution is 0.627. The van der Waals surface area contributed by atoms with Gasteiger partial charge in [0.05, 0.1) is 5.69 Å². The fraction of sp³-hybridized carbons (Fsp3) is 0.154. The first kappa shape index (κ1) is 12.0. The van der Waals surface area contributed by atoms with Crippen LogP contribution in [0.4, 0.5) is 15.9 Å². The first-order valence-corrected chi connectivity index (χ1v) is 5.36. The molecule has 90 valence electrons. The van der Waals surface area contributed by atoms with Crippen LogP contribution in [-0.2, 0) is 0 Å². The molecule has 0 fully saturated rings. The highest BCUT2D eigenvalue weighted by molar-refractivity contribution is 5.60. The lowest BCUT2D eigenvalue weighted by atomic mass is 10.2. The first-order valence-electron chi connectivity index (χ1n) is 5.36. The van der Waals surface area contributed by atoms with Gasteiger partial charge in [-0.05, 0) is 19.1 Å². The summed E-state index contributed by atoms with van der Waals surface area (Å²) in [6, 6.07) is 9.88. The van der Waals surface area contributed by atoms with Gasteiger partial charge in [0.2, 0.25) is 0 Å². The molecule has 4 nitrogen and oxygen atoms in total. The summed E-state index contributed by atoms with van der Waals surface area (Å²) in [4.78, 5) is 9.74. The monoisotopic (exact) mass is 242 g/mol. The lowest BCUT2D eigenvalue weighted by Crippen LogP contribution is -2.14. The van der Waals surface area contributed by atoms with Crippen LogP contribution >= 0.6 is 0 Å². The maximum absolute atomic E-state index is 13.7. The van der Waals surface area contributed by atoms with Crippen molar-refractivity contribution in [1.82, 2.24) is 9.97 Å². The second-order valence-corrected chi connectivity index (χ2v) is 3.78. The van der Waals surface area contributed by atoms with E-state index in [9.17, 15) is 4.39 Å². The zero-order valence-corrected chi connectivity index (χ0v) is 10.1. The van der Waals surface area contributed by atoms with Crippen LogP contribution < -0.4 is 4.90 Å². The van der Waals surface area contributed by atoms with E-state index in [0.29, 0.717) is 17.3 Å². The van der Waals surface area contributed by atoms with Crippen molar-refractivity contribution < 1.29 is 4.39 Å². The van der Waals surface area contributed by atoms with Crippen molar-refractivity contribution in [2.45, 2.75) is 6.92 Å². The minimum atomic E-state index is -0.338. The normalized spacial score (nSPS) is 9.89. The van der Waals surface area contributed by atoms with Crippen molar-refractivity contribution in [2.24, 2.45) is 0 Å². The Balaban J connectivity index is 2.47. The molecule has 0 N–H and O–H groups in total. The molecule has 0 saturated heterocycles. The van der Waals surface area contributed by atoms with E-state index in [1.165, 1.54) is 12.1 Å². The summed E-state index contributed by atoms with van der Waals surface area (Å²) in [5.74, 6) is 0.631. The summed E-state index contributed by atoms with van der Waals surface area (Å²) in [7, 11) is 1.70. The quantitative estimate of drug-likeness (QED) is 0.812. The predicted octanol–water partition coefficient (Wildman–Crippen LogP) is 2.56. The smallest absolute Gasteiger partial charge is 0.146 e. The van der Waals surface area contributed by atoms with Crippen molar-refractivity contribution in [3.8, 4) is 6.07 Å². The third-order valence-electron chi connectivity index (χ3n) is 2.50. The number of hydrogen-bond acceptors (Lipinski definition) is 4. The Morgan fingerprint density at radius 2 is 2.00 bits per heavy atom. The Hall–Kier alpha value is -2.48. The molecule has 0 aliphatic carbocycles. The average Bonchev–Trinajstić information content (AvgIpc) is 2.37. The highest BCUT2D eigenvalue weighted by atomic mass is 19.1. The highest BCUT2D eigenvalue weighted by Crippen LogP contribution is 2.24. The molecular formula is C13H11FN4. The van der Waals surface area contributed by atoms with Crippen molar-refractivity contribution in [3.05, 3.63) is 47.7 Å². The molecule has 0 unspecified atom stereocenters. The fourth-order valence-electron chi connectivity index (χ4n) is 1.63. The second kappa shape index (κ2) is 4.80. The van der Waals surface area contributed by atoms with Gasteiger partial charge in [-0.15, -0.1) is 0 Å². The van der Waals surface area contributed by atoms with Crippen molar-refractivity contribution >= 4 is 11.5 Å². The maximum Gasteiger partial charge on any atom is 0.146 e. The Morgan fingerprint density at radius 3 is 2.67 bits per heavy atom. The molecule has 0 atom stereocenters. The number of nitrogens with zero attached hydrogens (tertiary/aromatic N) is 4. The van der Waals surface area contributed by atoms with Crippen LogP contribution in [0.15, 0.2) is 30.3 Å². The number of rotatable bonds is 2. The first-order chi connectivity index (χ1) is 8.61. The van der Waals surface area contributed by atoms with Crippen LogP contribution in [-0.4, -0.2) is 17.0 Å². The van der Waals surface area contributed by atoms with E-state index in [1.54, 1.807) is 37.1 Å². The molecule has 0 spiro atoms. The van der Waals surface area contributed by atoms with E-state index in [2.05, 4.69) is 9.97 Å². The second-order valence-electron chi connectivity index (χ2n) is 3.78. The van der Waals surface area contributed by atoms with Gasteiger partial charge in [0, 0.05) is 13.1 Å². The number of halogens is 1. The molecule has 1 heterocycles. The summed E-state index contributed by atoms with van der Waals surface area (Å²) in [6.07, 6.45) is 0. The SMILES string of the molecule is Cc1nc(C#N)cc(N(C)c2ccccc2F)n1. The van der Waals surface area contributed by atoms with E-state index < -0.39 is 0 Å². The van der Waals surface area contributed by atoms with Crippen molar-refractivity contribution in [2.75, 3.05) is 11.9 Å². The number of aromatic nitrogens is 2. The average molecular weight is 242 g/mol. The standard InChI is InChI=1S/C13H11FN4/c1-9-16-10(8-15)7-13(17-9)18(2)12-6-4-3-5-11(12)14/h3-7H,1-2H3. The van der Waals surface area contributed by atoms with Gasteiger partial charge in [0.15, 0.2) is 0 Å². The number of benzene rings is 1. The third kappa shape index (κ3) is 2.28. The van der Waals surface area contributed by atoms with Gasteiger partial charge in [-0.2, -0.15) is 5.26 Å². The number of nitriles is 1. The van der Waals surface area contributed by atoms with E-state index in [1.807, 2.05) is 6.07 Å². The van der Waals surface area contributed by atoms with Crippen molar-refractivity contribution in [3.63, 3.8) is 0 Å². The van der Waals surface area contributed by atoms with Crippen molar-refractivity contribution in [1.29, 1.82) is 5.26 Å². The van der Waals surface area contributed by atoms with Crippen LogP contribution in [0, 0.1) is 24.1 Å². The van der Waals surface area contributed by atoms with Crippen LogP contribution in [0.3, 0.4) is 0 Å². The topological polar surface area (TPSA) is 52.8 Å². The number of aryl methyl sites for hydroxylation is 1. The van der Waals surface area contributed by atoms with Gasteiger partial charge in [-0.3, -0.25) is 0 Å². The van der Waals surface area contributed by atoms with E-state index >= 15 is 0 Å². The molecule has 0 amide bonds.